The Bertz CT molecular complexity index is 1070. The monoisotopic (exact) mass is 438 g/mol. The zero-order valence-electron chi connectivity index (χ0n) is 17.2. The summed E-state index contributed by atoms with van der Waals surface area (Å²) in [5.41, 5.74) is 8.44. The van der Waals surface area contributed by atoms with Crippen molar-refractivity contribution in [3.63, 3.8) is 0 Å². The molecule has 0 saturated carbocycles. The Morgan fingerprint density at radius 3 is 2.29 bits per heavy atom. The number of methoxy groups -OCH3 is 1. The normalized spacial score (nSPS) is 11.5. The van der Waals surface area contributed by atoms with Crippen molar-refractivity contribution in [2.24, 2.45) is 5.73 Å². The van der Waals surface area contributed by atoms with Gasteiger partial charge in [-0.15, -0.1) is 0 Å². The zero-order chi connectivity index (χ0) is 22.4. The van der Waals surface area contributed by atoms with Crippen molar-refractivity contribution in [3.8, 4) is 11.5 Å². The third kappa shape index (κ3) is 5.55. The van der Waals surface area contributed by atoms with E-state index in [0.717, 1.165) is 16.7 Å². The number of nitrogens with one attached hydrogen (secondary N) is 1. The highest BCUT2D eigenvalue weighted by Crippen LogP contribution is 2.36. The summed E-state index contributed by atoms with van der Waals surface area (Å²) in [5, 5.41) is 3.20. The van der Waals surface area contributed by atoms with Gasteiger partial charge in [-0.2, -0.15) is 0 Å². The summed E-state index contributed by atoms with van der Waals surface area (Å²) < 4.78 is 10.6. The molecule has 0 fully saturated rings. The Kier molecular flexibility index (Phi) is 7.15. The second-order valence-corrected chi connectivity index (χ2v) is 7.38. The van der Waals surface area contributed by atoms with Gasteiger partial charge in [0, 0.05) is 5.56 Å². The van der Waals surface area contributed by atoms with Gasteiger partial charge in [0.15, 0.2) is 18.1 Å². The number of amides is 2. The first-order valence-corrected chi connectivity index (χ1v) is 9.98. The SMILES string of the molecule is COc1cc(C(=O)NC(c2ccccc2)c2ccc(C)cc2)cc(Cl)c1OCC(N)=O. The van der Waals surface area contributed by atoms with E-state index in [1.54, 1.807) is 0 Å². The van der Waals surface area contributed by atoms with Crippen LogP contribution in [0.25, 0.3) is 0 Å². The van der Waals surface area contributed by atoms with Crippen LogP contribution in [0.15, 0.2) is 66.7 Å². The molecule has 0 aliphatic heterocycles. The maximum Gasteiger partial charge on any atom is 0.255 e. The van der Waals surface area contributed by atoms with Gasteiger partial charge in [-0.1, -0.05) is 71.8 Å². The van der Waals surface area contributed by atoms with Crippen molar-refractivity contribution >= 4 is 23.4 Å². The molecule has 3 aromatic carbocycles. The second kappa shape index (κ2) is 10.00. The van der Waals surface area contributed by atoms with Crippen LogP contribution >= 0.6 is 11.6 Å². The van der Waals surface area contributed by atoms with E-state index in [9.17, 15) is 9.59 Å². The highest BCUT2D eigenvalue weighted by atomic mass is 35.5. The van der Waals surface area contributed by atoms with Gasteiger partial charge in [-0.25, -0.2) is 0 Å². The van der Waals surface area contributed by atoms with E-state index in [4.69, 9.17) is 26.8 Å². The molecule has 3 aromatic rings. The first kappa shape index (κ1) is 22.2. The minimum Gasteiger partial charge on any atom is -0.493 e. The molecule has 0 heterocycles. The van der Waals surface area contributed by atoms with Gasteiger partial charge in [0.25, 0.3) is 11.8 Å². The average Bonchev–Trinajstić information content (AvgIpc) is 2.77. The first-order chi connectivity index (χ1) is 14.9. The van der Waals surface area contributed by atoms with E-state index in [-0.39, 0.29) is 35.1 Å². The summed E-state index contributed by atoms with van der Waals surface area (Å²) in [6, 6.07) is 20.3. The molecule has 0 bridgehead atoms. The minimum atomic E-state index is -0.649. The van der Waals surface area contributed by atoms with Gasteiger partial charge in [0.1, 0.15) is 0 Å². The molecule has 1 atom stereocenters. The van der Waals surface area contributed by atoms with Crippen molar-refractivity contribution < 1.29 is 19.1 Å². The topological polar surface area (TPSA) is 90.7 Å². The first-order valence-electron chi connectivity index (χ1n) is 9.60. The van der Waals surface area contributed by atoms with Gasteiger partial charge in [0.2, 0.25) is 0 Å². The Morgan fingerprint density at radius 2 is 1.68 bits per heavy atom. The molecule has 3 N–H and O–H groups in total. The second-order valence-electron chi connectivity index (χ2n) is 6.97. The van der Waals surface area contributed by atoms with E-state index >= 15 is 0 Å². The van der Waals surface area contributed by atoms with E-state index < -0.39 is 5.91 Å². The molecule has 1 unspecified atom stereocenters. The highest BCUT2D eigenvalue weighted by molar-refractivity contribution is 6.32. The zero-order valence-corrected chi connectivity index (χ0v) is 18.0. The summed E-state index contributed by atoms with van der Waals surface area (Å²) in [6.07, 6.45) is 0. The Morgan fingerprint density at radius 1 is 1.03 bits per heavy atom. The number of benzene rings is 3. The number of aryl methyl sites for hydroxylation is 1. The Labute approximate surface area is 185 Å². The molecular weight excluding hydrogens is 416 g/mol. The number of rotatable bonds is 8. The lowest BCUT2D eigenvalue weighted by molar-refractivity contribution is -0.119. The number of hydrogen-bond donors (Lipinski definition) is 2. The molecule has 0 saturated heterocycles. The average molecular weight is 439 g/mol. The number of nitrogens with two attached hydrogens (primary N) is 1. The fourth-order valence-corrected chi connectivity index (χ4v) is 3.38. The predicted octanol–water partition coefficient (Wildman–Crippen LogP) is 4.04. The number of ether oxygens (including phenoxy) is 2. The van der Waals surface area contributed by atoms with Crippen molar-refractivity contribution in [2.75, 3.05) is 13.7 Å². The van der Waals surface area contributed by atoms with Crippen LogP contribution in [-0.4, -0.2) is 25.5 Å². The van der Waals surface area contributed by atoms with Gasteiger partial charge in [-0.3, -0.25) is 9.59 Å². The van der Waals surface area contributed by atoms with Crippen molar-refractivity contribution in [3.05, 3.63) is 94.0 Å². The largest absolute Gasteiger partial charge is 0.493 e. The predicted molar refractivity (Wildman–Crippen MR) is 120 cm³/mol. The molecule has 7 heteroatoms. The van der Waals surface area contributed by atoms with Crippen molar-refractivity contribution in [1.82, 2.24) is 5.32 Å². The van der Waals surface area contributed by atoms with Crippen LogP contribution in [0.5, 0.6) is 11.5 Å². The third-order valence-corrected chi connectivity index (χ3v) is 4.95. The molecule has 0 aliphatic carbocycles. The maximum absolute atomic E-state index is 13.1. The number of halogens is 1. The Hall–Kier alpha value is -3.51. The molecule has 0 aromatic heterocycles. The van der Waals surface area contributed by atoms with Gasteiger partial charge < -0.3 is 20.5 Å². The van der Waals surface area contributed by atoms with Crippen LogP contribution in [0.1, 0.15) is 33.1 Å². The highest BCUT2D eigenvalue weighted by Gasteiger charge is 2.21. The van der Waals surface area contributed by atoms with E-state index in [2.05, 4.69) is 5.32 Å². The fourth-order valence-electron chi connectivity index (χ4n) is 3.11. The molecule has 0 spiro atoms. The summed E-state index contributed by atoms with van der Waals surface area (Å²) in [7, 11) is 1.42. The van der Waals surface area contributed by atoms with E-state index in [0.29, 0.717) is 5.56 Å². The van der Waals surface area contributed by atoms with Gasteiger partial charge >= 0.3 is 0 Å². The third-order valence-electron chi connectivity index (χ3n) is 4.67. The van der Waals surface area contributed by atoms with Crippen LogP contribution in [0, 0.1) is 6.92 Å². The van der Waals surface area contributed by atoms with E-state index in [1.165, 1.54) is 19.2 Å². The summed E-state index contributed by atoms with van der Waals surface area (Å²) in [4.78, 5) is 24.1. The van der Waals surface area contributed by atoms with E-state index in [1.807, 2.05) is 61.5 Å². The standard InChI is InChI=1S/C24H23ClN2O4/c1-15-8-10-17(11-9-15)22(16-6-4-3-5-7-16)27-24(29)18-12-19(25)23(20(13-18)30-2)31-14-21(26)28/h3-13,22H,14H2,1-2H3,(H2,26,28)(H,27,29). The molecular formula is C24H23ClN2O4. The van der Waals surface area contributed by atoms with Gasteiger partial charge in [-0.05, 0) is 30.2 Å². The number of carbonyl (C=O) groups excluding carboxylic acids is 2. The lowest BCUT2D eigenvalue weighted by Crippen LogP contribution is -2.29. The summed E-state index contributed by atoms with van der Waals surface area (Å²) in [5.74, 6) is -0.608. The summed E-state index contributed by atoms with van der Waals surface area (Å²) >= 11 is 6.29. The number of hydrogen-bond acceptors (Lipinski definition) is 4. The summed E-state index contributed by atoms with van der Waals surface area (Å²) in [6.45, 7) is 1.65. The molecule has 0 radical (unpaired) electrons. The number of primary amides is 1. The lowest BCUT2D eigenvalue weighted by Gasteiger charge is -2.21. The lowest BCUT2D eigenvalue weighted by atomic mass is 9.97. The molecule has 3 rings (SSSR count). The van der Waals surface area contributed by atoms with Gasteiger partial charge in [0.05, 0.1) is 18.2 Å². The fraction of sp³-hybridized carbons (Fsp3) is 0.167. The smallest absolute Gasteiger partial charge is 0.255 e. The molecule has 6 nitrogen and oxygen atoms in total. The van der Waals surface area contributed by atoms with Crippen LogP contribution in [0.4, 0.5) is 0 Å². The molecule has 160 valence electrons. The maximum atomic E-state index is 13.1. The molecule has 0 aliphatic rings. The quantitative estimate of drug-likeness (QED) is 0.555. The molecule has 31 heavy (non-hydrogen) atoms. The van der Waals surface area contributed by atoms with Crippen molar-refractivity contribution in [1.29, 1.82) is 0 Å². The van der Waals surface area contributed by atoms with Crippen molar-refractivity contribution in [2.45, 2.75) is 13.0 Å². The van der Waals surface area contributed by atoms with Crippen LogP contribution in [-0.2, 0) is 4.79 Å². The molecule has 2 amide bonds. The van der Waals surface area contributed by atoms with Crippen LogP contribution in [0.2, 0.25) is 5.02 Å². The van der Waals surface area contributed by atoms with Crippen LogP contribution < -0.4 is 20.5 Å². The Balaban J connectivity index is 1.92. The number of carbonyl (C=O) groups is 2. The minimum absolute atomic E-state index is 0.136. The van der Waals surface area contributed by atoms with Crippen LogP contribution in [0.3, 0.4) is 0 Å².